The van der Waals surface area contributed by atoms with E-state index in [2.05, 4.69) is 37.6 Å². The Kier molecular flexibility index (Phi) is 8.91. The van der Waals surface area contributed by atoms with Gasteiger partial charge < -0.3 is 36.0 Å². The molecule has 0 spiro atoms. The summed E-state index contributed by atoms with van der Waals surface area (Å²) in [6.07, 6.45) is 4.60. The van der Waals surface area contributed by atoms with Crippen LogP contribution in [-0.4, -0.2) is 90.5 Å². The third-order valence-electron chi connectivity index (χ3n) is 8.05. The van der Waals surface area contributed by atoms with E-state index in [0.717, 1.165) is 48.3 Å². The second-order valence-corrected chi connectivity index (χ2v) is 13.7. The lowest BCUT2D eigenvalue weighted by molar-refractivity contribution is -0.663. The topological polar surface area (TPSA) is 205 Å². The standard InChI is InChI=1S/C28H29ClN8O7S2/c1-13(26(40)41)44-34-19(18-22(29)46-28(30)33-18)23(38)32-20-24(39)37-21(27(42)43)14(12-45-25(20)37)11-35-9-2-3-17-16(35)6-10-36(17)15-4-7-31-8-5-15/h2-3,6,9-10,13,15,20,25,31H,4-5,7-8,11-12H2,1H3,(H4-,30,32,33,38,40,41,42,43)/p+1/b34-19-/t13-,20+,25+/m0/s1. The van der Waals surface area contributed by atoms with Gasteiger partial charge in [0.25, 0.3) is 11.8 Å². The zero-order valence-corrected chi connectivity index (χ0v) is 26.8. The number of fused-ring (bicyclic) bond motifs is 2. The van der Waals surface area contributed by atoms with Crippen molar-refractivity contribution in [1.29, 1.82) is 0 Å². The van der Waals surface area contributed by atoms with Gasteiger partial charge in [-0.25, -0.2) is 14.6 Å². The molecule has 46 heavy (non-hydrogen) atoms. The maximum Gasteiger partial charge on any atom is 0.352 e. The highest BCUT2D eigenvalue weighted by Crippen LogP contribution is 2.40. The van der Waals surface area contributed by atoms with Gasteiger partial charge in [-0.15, -0.1) is 11.8 Å². The summed E-state index contributed by atoms with van der Waals surface area (Å²) in [5.74, 6) is -3.82. The highest BCUT2D eigenvalue weighted by atomic mass is 35.5. The smallest absolute Gasteiger partial charge is 0.352 e. The van der Waals surface area contributed by atoms with Gasteiger partial charge >= 0.3 is 11.9 Å². The number of carboxylic acids is 2. The van der Waals surface area contributed by atoms with Crippen LogP contribution in [-0.2, 0) is 30.6 Å². The maximum absolute atomic E-state index is 13.4. The number of nitrogens with one attached hydrogen (secondary N) is 2. The Morgan fingerprint density at radius 2 is 2.07 bits per heavy atom. The van der Waals surface area contributed by atoms with Gasteiger partial charge in [-0.3, -0.25) is 14.5 Å². The summed E-state index contributed by atoms with van der Waals surface area (Å²) in [6, 6.07) is 5.29. The fraction of sp³-hybridized carbons (Fsp3) is 0.393. The molecule has 2 fully saturated rings. The molecule has 0 bridgehead atoms. The summed E-state index contributed by atoms with van der Waals surface area (Å²) in [6.45, 7) is 3.38. The van der Waals surface area contributed by atoms with Crippen molar-refractivity contribution in [2.45, 2.75) is 49.9 Å². The third kappa shape index (κ3) is 5.90. The zero-order chi connectivity index (χ0) is 32.7. The van der Waals surface area contributed by atoms with E-state index in [1.165, 1.54) is 23.6 Å². The van der Waals surface area contributed by atoms with E-state index in [1.807, 2.05) is 22.9 Å². The van der Waals surface area contributed by atoms with Crippen LogP contribution in [0.3, 0.4) is 0 Å². The number of thioether (sulfide) groups is 1. The predicted octanol–water partition coefficient (Wildman–Crippen LogP) is 1.18. The van der Waals surface area contributed by atoms with E-state index in [0.29, 0.717) is 17.4 Å². The molecule has 6 N–H and O–H groups in total. The van der Waals surface area contributed by atoms with Crippen molar-refractivity contribution in [2.24, 2.45) is 5.16 Å². The minimum Gasteiger partial charge on any atom is -0.478 e. The summed E-state index contributed by atoms with van der Waals surface area (Å²) in [7, 11) is 0. The van der Waals surface area contributed by atoms with Crippen LogP contribution in [0.1, 0.15) is 31.5 Å². The molecule has 2 amide bonds. The Balaban J connectivity index is 1.23. The van der Waals surface area contributed by atoms with E-state index >= 15 is 0 Å². The lowest BCUT2D eigenvalue weighted by atomic mass is 10.0. The highest BCUT2D eigenvalue weighted by molar-refractivity contribution is 8.00. The Morgan fingerprint density at radius 3 is 2.74 bits per heavy atom. The maximum atomic E-state index is 13.4. The minimum atomic E-state index is -1.40. The number of rotatable bonds is 10. The molecule has 242 valence electrons. The van der Waals surface area contributed by atoms with Crippen molar-refractivity contribution >= 4 is 80.3 Å². The van der Waals surface area contributed by atoms with E-state index < -0.39 is 47.0 Å². The molecule has 0 radical (unpaired) electrons. The van der Waals surface area contributed by atoms with Crippen molar-refractivity contribution in [2.75, 3.05) is 24.6 Å². The van der Waals surface area contributed by atoms with E-state index in [1.54, 1.807) is 0 Å². The quantitative estimate of drug-likeness (QED) is 0.0884. The first-order valence-corrected chi connectivity index (χ1v) is 16.6. The number of nitrogens with two attached hydrogens (primary N) is 1. The number of oxime groups is 1. The number of nitrogen functional groups attached to an aromatic ring is 1. The number of aliphatic carboxylic acids is 2. The normalized spacial score (nSPS) is 21.1. The third-order valence-corrected chi connectivity index (χ3v) is 10.5. The van der Waals surface area contributed by atoms with Gasteiger partial charge in [0.15, 0.2) is 23.6 Å². The summed E-state index contributed by atoms with van der Waals surface area (Å²) >= 11 is 8.38. The first kappa shape index (κ1) is 31.8. The number of hydrogen-bond acceptors (Lipinski definition) is 11. The van der Waals surface area contributed by atoms with Gasteiger partial charge in [-0.2, -0.15) is 4.57 Å². The molecule has 3 aromatic heterocycles. The van der Waals surface area contributed by atoms with Gasteiger partial charge in [-0.1, -0.05) is 28.1 Å². The molecule has 0 aliphatic carbocycles. The van der Waals surface area contributed by atoms with Crippen LogP contribution in [0.2, 0.25) is 4.34 Å². The van der Waals surface area contributed by atoms with E-state index in [-0.39, 0.29) is 27.4 Å². The number of carbonyl (C=O) groups excluding carboxylic acids is 2. The minimum absolute atomic E-state index is 0.00549. The van der Waals surface area contributed by atoms with Crippen molar-refractivity contribution in [1.82, 2.24) is 25.1 Å². The Morgan fingerprint density at radius 1 is 1.30 bits per heavy atom. The van der Waals surface area contributed by atoms with Crippen LogP contribution >= 0.6 is 34.7 Å². The van der Waals surface area contributed by atoms with Gasteiger partial charge in [0.1, 0.15) is 32.7 Å². The zero-order valence-electron chi connectivity index (χ0n) is 24.4. The number of piperidine rings is 1. The average molecular weight is 690 g/mol. The lowest BCUT2D eigenvalue weighted by Crippen LogP contribution is -2.71. The van der Waals surface area contributed by atoms with Crippen molar-refractivity contribution in [3.63, 3.8) is 0 Å². The van der Waals surface area contributed by atoms with Crippen LogP contribution in [0.4, 0.5) is 5.13 Å². The number of anilines is 1. The monoisotopic (exact) mass is 689 g/mol. The summed E-state index contributed by atoms with van der Waals surface area (Å²) in [4.78, 5) is 60.6. The number of nitrogens with zero attached hydrogens (tertiary/aromatic N) is 5. The summed E-state index contributed by atoms with van der Waals surface area (Å²) < 4.78 is 4.26. The summed E-state index contributed by atoms with van der Waals surface area (Å²) in [5, 5.41) is 28.3. The number of carbonyl (C=O) groups is 4. The molecule has 0 unspecified atom stereocenters. The number of thiazole rings is 1. The molecule has 3 aromatic rings. The number of hydrogen-bond donors (Lipinski definition) is 5. The first-order valence-electron chi connectivity index (χ1n) is 14.3. The van der Waals surface area contributed by atoms with Gasteiger partial charge in [0.05, 0.1) is 0 Å². The largest absolute Gasteiger partial charge is 0.478 e. The number of halogens is 1. The first-order chi connectivity index (χ1) is 22.0. The predicted molar refractivity (Wildman–Crippen MR) is 169 cm³/mol. The Hall–Kier alpha value is -4.19. The van der Waals surface area contributed by atoms with Crippen molar-refractivity contribution < 1.29 is 38.8 Å². The van der Waals surface area contributed by atoms with Crippen molar-refractivity contribution in [3.8, 4) is 0 Å². The van der Waals surface area contributed by atoms with Gasteiger partial charge in [-0.05, 0) is 38.9 Å². The molecule has 18 heteroatoms. The Labute approximate surface area is 275 Å². The second-order valence-electron chi connectivity index (χ2n) is 10.9. The second kappa shape index (κ2) is 12.9. The molecule has 3 atom stereocenters. The SMILES string of the molecule is C[C@H](O/N=C(\C(=O)N[C@@H]1C(=O)N2C(C(=O)O)=C(C[n+]3cccc4c3ccn4C3CCNCC3)CS[C@H]12)c1nc(N)sc1Cl)C(=O)O. The number of amides is 2. The molecule has 6 rings (SSSR count). The number of aromatic nitrogens is 3. The Bertz CT molecular complexity index is 1800. The van der Waals surface area contributed by atoms with Gasteiger partial charge in [0.2, 0.25) is 11.6 Å². The number of β-lactam (4-membered cyclic amide) rings is 1. The van der Waals surface area contributed by atoms with Crippen LogP contribution in [0.5, 0.6) is 0 Å². The average Bonchev–Trinajstić information content (AvgIpc) is 3.62. The fourth-order valence-corrected chi connectivity index (χ4v) is 8.04. The van der Waals surface area contributed by atoms with E-state index in [4.69, 9.17) is 27.3 Å². The molecule has 0 saturated carbocycles. The number of pyridine rings is 1. The molecule has 2 saturated heterocycles. The molecule has 6 heterocycles. The molecular formula is C28H30ClN8O7S2+. The summed E-state index contributed by atoms with van der Waals surface area (Å²) in [5.41, 5.74) is 7.54. The lowest BCUT2D eigenvalue weighted by Gasteiger charge is -2.49. The van der Waals surface area contributed by atoms with Crippen LogP contribution in [0.25, 0.3) is 11.0 Å². The van der Waals surface area contributed by atoms with Crippen molar-refractivity contribution in [3.05, 3.63) is 51.9 Å². The van der Waals surface area contributed by atoms with Crippen LogP contribution < -0.4 is 20.9 Å². The molecule has 3 aliphatic rings. The number of carboxylic acid groups (broad SMARTS) is 2. The van der Waals surface area contributed by atoms with Gasteiger partial charge in [0, 0.05) is 35.7 Å². The van der Waals surface area contributed by atoms with Crippen LogP contribution in [0, 0.1) is 0 Å². The molecule has 3 aliphatic heterocycles. The molecule has 0 aromatic carbocycles. The fourth-order valence-electron chi connectivity index (χ4n) is 5.77. The molecule has 15 nitrogen and oxygen atoms in total. The van der Waals surface area contributed by atoms with Crippen LogP contribution in [0.15, 0.2) is 47.0 Å². The highest BCUT2D eigenvalue weighted by Gasteiger charge is 2.55. The van der Waals surface area contributed by atoms with E-state index in [9.17, 15) is 24.3 Å². The molecular weight excluding hydrogens is 660 g/mol.